The SMILES string of the molecule is CC(=O)Nc1ccc2nc(NC(=O)CN3C(=O)N(C)C4(CCCCC4)C3=O)sc2c1. The number of thiazole rings is 1. The second-order valence-electron chi connectivity index (χ2n) is 7.76. The van der Waals surface area contributed by atoms with E-state index < -0.39 is 17.5 Å². The molecule has 1 spiro atoms. The summed E-state index contributed by atoms with van der Waals surface area (Å²) in [5.74, 6) is -0.929. The van der Waals surface area contributed by atoms with E-state index in [4.69, 9.17) is 0 Å². The highest BCUT2D eigenvalue weighted by Crippen LogP contribution is 2.39. The zero-order chi connectivity index (χ0) is 21.5. The minimum absolute atomic E-state index is 0.173. The maximum atomic E-state index is 13.0. The van der Waals surface area contributed by atoms with E-state index in [1.807, 2.05) is 0 Å². The summed E-state index contributed by atoms with van der Waals surface area (Å²) >= 11 is 1.26. The van der Waals surface area contributed by atoms with Crippen molar-refractivity contribution in [2.75, 3.05) is 24.2 Å². The van der Waals surface area contributed by atoms with Crippen LogP contribution >= 0.6 is 11.3 Å². The highest BCUT2D eigenvalue weighted by Gasteiger charge is 2.55. The molecule has 0 atom stereocenters. The van der Waals surface area contributed by atoms with E-state index in [2.05, 4.69) is 15.6 Å². The van der Waals surface area contributed by atoms with Crippen molar-refractivity contribution in [1.29, 1.82) is 0 Å². The van der Waals surface area contributed by atoms with Crippen LogP contribution in [0.2, 0.25) is 0 Å². The van der Waals surface area contributed by atoms with Gasteiger partial charge in [0.1, 0.15) is 12.1 Å². The molecule has 0 radical (unpaired) electrons. The first-order valence-corrected chi connectivity index (χ1v) is 10.7. The Bertz CT molecular complexity index is 1040. The first-order chi connectivity index (χ1) is 14.3. The smallest absolute Gasteiger partial charge is 0.326 e. The van der Waals surface area contributed by atoms with Gasteiger partial charge in [-0.25, -0.2) is 9.78 Å². The molecule has 30 heavy (non-hydrogen) atoms. The number of rotatable bonds is 4. The number of benzene rings is 1. The molecule has 0 unspecified atom stereocenters. The Balaban J connectivity index is 1.46. The summed E-state index contributed by atoms with van der Waals surface area (Å²) in [7, 11) is 1.64. The van der Waals surface area contributed by atoms with Crippen molar-refractivity contribution in [2.24, 2.45) is 0 Å². The van der Waals surface area contributed by atoms with Crippen LogP contribution in [0.25, 0.3) is 10.2 Å². The number of fused-ring (bicyclic) bond motifs is 1. The lowest BCUT2D eigenvalue weighted by Crippen LogP contribution is -2.49. The lowest BCUT2D eigenvalue weighted by atomic mass is 9.81. The fourth-order valence-corrected chi connectivity index (χ4v) is 5.15. The van der Waals surface area contributed by atoms with Crippen LogP contribution in [0.5, 0.6) is 0 Å². The number of carbonyl (C=O) groups excluding carboxylic acids is 4. The van der Waals surface area contributed by atoms with Crippen LogP contribution in [0, 0.1) is 0 Å². The van der Waals surface area contributed by atoms with Crippen LogP contribution < -0.4 is 10.6 Å². The van der Waals surface area contributed by atoms with Crippen LogP contribution in [0.1, 0.15) is 39.0 Å². The molecule has 2 fully saturated rings. The van der Waals surface area contributed by atoms with Crippen molar-refractivity contribution in [2.45, 2.75) is 44.6 Å². The fourth-order valence-electron chi connectivity index (χ4n) is 4.23. The molecule has 2 aromatic rings. The summed E-state index contributed by atoms with van der Waals surface area (Å²) in [6, 6.07) is 4.83. The number of nitrogens with zero attached hydrogens (tertiary/aromatic N) is 3. The molecule has 5 amide bonds. The van der Waals surface area contributed by atoms with Gasteiger partial charge in [0, 0.05) is 19.7 Å². The van der Waals surface area contributed by atoms with E-state index in [0.717, 1.165) is 28.9 Å². The number of carbonyl (C=O) groups is 4. The Labute approximate surface area is 177 Å². The third kappa shape index (κ3) is 3.51. The molecule has 1 aliphatic heterocycles. The molecule has 2 aliphatic rings. The van der Waals surface area contributed by atoms with Gasteiger partial charge < -0.3 is 15.5 Å². The summed E-state index contributed by atoms with van der Waals surface area (Å²) in [5.41, 5.74) is 0.523. The average molecular weight is 430 g/mol. The van der Waals surface area contributed by atoms with Crippen molar-refractivity contribution in [3.8, 4) is 0 Å². The van der Waals surface area contributed by atoms with Gasteiger partial charge in [-0.3, -0.25) is 19.3 Å². The molecule has 158 valence electrons. The number of imide groups is 1. The molecule has 4 rings (SSSR count). The number of urea groups is 1. The molecule has 1 aromatic heterocycles. The van der Waals surface area contributed by atoms with Crippen LogP contribution in [-0.2, 0) is 14.4 Å². The number of aromatic nitrogens is 1. The first-order valence-electron chi connectivity index (χ1n) is 9.88. The standard InChI is InChI=1S/C20H23N5O4S/c1-12(26)21-13-6-7-14-15(10-13)30-18(22-14)23-16(27)11-25-17(28)20(24(2)19(25)29)8-4-3-5-9-20/h6-7,10H,3-5,8-9,11H2,1-2H3,(H,21,26)(H,22,23,27). The van der Waals surface area contributed by atoms with Crippen LogP contribution in [-0.4, -0.2) is 57.7 Å². The van der Waals surface area contributed by atoms with E-state index in [1.165, 1.54) is 23.2 Å². The molecule has 1 aliphatic carbocycles. The van der Waals surface area contributed by atoms with Crippen LogP contribution in [0.4, 0.5) is 15.6 Å². The summed E-state index contributed by atoms with van der Waals surface area (Å²) in [6.07, 6.45) is 4.13. The quantitative estimate of drug-likeness (QED) is 0.726. The Morgan fingerprint density at radius 3 is 2.60 bits per heavy atom. The predicted molar refractivity (Wildman–Crippen MR) is 113 cm³/mol. The number of anilines is 2. The van der Waals surface area contributed by atoms with Crippen LogP contribution in [0.15, 0.2) is 18.2 Å². The molecule has 2 N–H and O–H groups in total. The number of hydrogen-bond acceptors (Lipinski definition) is 6. The monoisotopic (exact) mass is 429 g/mol. The van der Waals surface area contributed by atoms with Gasteiger partial charge in [0.25, 0.3) is 5.91 Å². The molecule has 1 saturated carbocycles. The minimum Gasteiger partial charge on any atom is -0.326 e. The number of amides is 5. The van der Waals surface area contributed by atoms with Gasteiger partial charge in [0.15, 0.2) is 5.13 Å². The van der Waals surface area contributed by atoms with Crippen LogP contribution in [0.3, 0.4) is 0 Å². The molecule has 1 aromatic carbocycles. The summed E-state index contributed by atoms with van der Waals surface area (Å²) in [5, 5.41) is 5.76. The highest BCUT2D eigenvalue weighted by molar-refractivity contribution is 7.22. The summed E-state index contributed by atoms with van der Waals surface area (Å²) in [4.78, 5) is 56.3. The van der Waals surface area contributed by atoms with E-state index in [0.29, 0.717) is 29.2 Å². The van der Waals surface area contributed by atoms with Gasteiger partial charge in [0.05, 0.1) is 10.2 Å². The van der Waals surface area contributed by atoms with Crippen molar-refractivity contribution < 1.29 is 19.2 Å². The number of likely N-dealkylation sites (N-methyl/N-ethyl adjacent to an activating group) is 1. The lowest BCUT2D eigenvalue weighted by molar-refractivity contribution is -0.136. The van der Waals surface area contributed by atoms with Crippen molar-refractivity contribution in [1.82, 2.24) is 14.8 Å². The predicted octanol–water partition coefficient (Wildman–Crippen LogP) is 2.79. The lowest BCUT2D eigenvalue weighted by Gasteiger charge is -2.35. The second kappa shape index (κ2) is 7.67. The molecule has 0 bridgehead atoms. The maximum Gasteiger partial charge on any atom is 0.327 e. The second-order valence-corrected chi connectivity index (χ2v) is 8.79. The van der Waals surface area contributed by atoms with Gasteiger partial charge >= 0.3 is 6.03 Å². The van der Waals surface area contributed by atoms with Gasteiger partial charge in [-0.05, 0) is 31.0 Å². The fraction of sp³-hybridized carbons (Fsp3) is 0.450. The third-order valence-electron chi connectivity index (χ3n) is 5.74. The topological polar surface area (TPSA) is 112 Å². The molecule has 9 nitrogen and oxygen atoms in total. The van der Waals surface area contributed by atoms with E-state index in [-0.39, 0.29) is 18.4 Å². The zero-order valence-electron chi connectivity index (χ0n) is 16.9. The largest absolute Gasteiger partial charge is 0.327 e. The van der Waals surface area contributed by atoms with Crippen molar-refractivity contribution in [3.63, 3.8) is 0 Å². The van der Waals surface area contributed by atoms with E-state index in [9.17, 15) is 19.2 Å². The molecule has 2 heterocycles. The maximum absolute atomic E-state index is 13.0. The Morgan fingerprint density at radius 1 is 1.17 bits per heavy atom. The highest BCUT2D eigenvalue weighted by atomic mass is 32.1. The molecular formula is C20H23N5O4S. The van der Waals surface area contributed by atoms with E-state index >= 15 is 0 Å². The number of nitrogens with one attached hydrogen (secondary N) is 2. The molecular weight excluding hydrogens is 406 g/mol. The van der Waals surface area contributed by atoms with E-state index in [1.54, 1.807) is 25.2 Å². The van der Waals surface area contributed by atoms with Crippen molar-refractivity contribution in [3.05, 3.63) is 18.2 Å². The third-order valence-corrected chi connectivity index (χ3v) is 6.67. The first kappa shape index (κ1) is 20.3. The Kier molecular flexibility index (Phi) is 5.19. The van der Waals surface area contributed by atoms with Crippen molar-refractivity contribution >= 4 is 56.1 Å². The zero-order valence-corrected chi connectivity index (χ0v) is 17.7. The van der Waals surface area contributed by atoms with Gasteiger partial charge in [-0.1, -0.05) is 30.6 Å². The molecule has 1 saturated heterocycles. The van der Waals surface area contributed by atoms with Gasteiger partial charge in [0.2, 0.25) is 11.8 Å². The van der Waals surface area contributed by atoms with Gasteiger partial charge in [-0.2, -0.15) is 0 Å². The normalized spacial score (nSPS) is 18.3. The van der Waals surface area contributed by atoms with Gasteiger partial charge in [-0.15, -0.1) is 0 Å². The molecule has 10 heteroatoms. The summed E-state index contributed by atoms with van der Waals surface area (Å²) in [6.45, 7) is 1.09. The average Bonchev–Trinajstić information content (AvgIpc) is 3.17. The Hall–Kier alpha value is -3.01. The minimum atomic E-state index is -0.800. The Morgan fingerprint density at radius 2 is 1.90 bits per heavy atom. The summed E-state index contributed by atoms with van der Waals surface area (Å²) < 4.78 is 0.797. The number of hydrogen-bond donors (Lipinski definition) is 2.